The van der Waals surface area contributed by atoms with Gasteiger partial charge in [0.05, 0.1) is 32.6 Å². The number of aliphatic hydroxyl groups excluding tert-OH is 3. The van der Waals surface area contributed by atoms with Crippen LogP contribution >= 0.6 is 0 Å². The lowest BCUT2D eigenvalue weighted by molar-refractivity contribution is -0.117. The second kappa shape index (κ2) is 16.8. The van der Waals surface area contributed by atoms with Crippen LogP contribution in [0.2, 0.25) is 0 Å². The molecule has 5 N–H and O–H groups in total. The number of benzene rings is 2. The summed E-state index contributed by atoms with van der Waals surface area (Å²) in [5.41, 5.74) is 4.32. The fraction of sp³-hybridized carbons (Fsp3) is 0.438. The first-order chi connectivity index (χ1) is 20.7. The molecule has 1 fully saturated rings. The zero-order chi connectivity index (χ0) is 31.4. The summed E-state index contributed by atoms with van der Waals surface area (Å²) in [6.45, 7) is 9.45. The van der Waals surface area contributed by atoms with Crippen LogP contribution in [0, 0.1) is 20.8 Å². The number of carbonyl (C=O) groups excluding carboxylic acids is 1. The fourth-order valence-electron chi connectivity index (χ4n) is 4.80. The number of ether oxygens (including phenoxy) is 2. The number of nitrogens with zero attached hydrogens (tertiary/aromatic N) is 3. The van der Waals surface area contributed by atoms with E-state index in [0.717, 1.165) is 43.0 Å². The average molecular weight is 597 g/mol. The first-order valence-corrected chi connectivity index (χ1v) is 14.3. The van der Waals surface area contributed by atoms with E-state index in [9.17, 15) is 15.0 Å². The van der Waals surface area contributed by atoms with Crippen LogP contribution in [0.25, 0.3) is 0 Å². The molecule has 1 aromatic heterocycles. The summed E-state index contributed by atoms with van der Waals surface area (Å²) >= 11 is 0. The number of methoxy groups -OCH3 is 1. The quantitative estimate of drug-likeness (QED) is 0.224. The van der Waals surface area contributed by atoms with E-state index >= 15 is 0 Å². The molecule has 4 rings (SSSR count). The number of hydrogen-bond acceptors (Lipinski definition) is 10. The molecular formula is C32H44N4O7. The van der Waals surface area contributed by atoms with Gasteiger partial charge in [0.2, 0.25) is 5.91 Å². The Kier molecular flexibility index (Phi) is 13.2. The van der Waals surface area contributed by atoms with Crippen molar-refractivity contribution in [2.24, 2.45) is 0 Å². The number of anilines is 1. The SMILES string of the molecule is COc1ccccc1OCC(O)CN1CCN(CC(=O)Nc2c(C)cccc2C)CC1.Cc1ncc(CO)c(CO)c1O. The van der Waals surface area contributed by atoms with Crippen LogP contribution in [-0.4, -0.2) is 100 Å². The van der Waals surface area contributed by atoms with Crippen LogP contribution in [-0.2, 0) is 18.0 Å². The summed E-state index contributed by atoms with van der Waals surface area (Å²) in [5, 5.41) is 40.5. The summed E-state index contributed by atoms with van der Waals surface area (Å²) in [7, 11) is 1.60. The summed E-state index contributed by atoms with van der Waals surface area (Å²) in [5.74, 6) is 1.26. The molecule has 2 heterocycles. The van der Waals surface area contributed by atoms with Crippen molar-refractivity contribution >= 4 is 11.6 Å². The van der Waals surface area contributed by atoms with Gasteiger partial charge in [0.25, 0.3) is 0 Å². The smallest absolute Gasteiger partial charge is 0.238 e. The van der Waals surface area contributed by atoms with Gasteiger partial charge in [0.1, 0.15) is 18.5 Å². The Bertz CT molecular complexity index is 1310. The van der Waals surface area contributed by atoms with Crippen LogP contribution < -0.4 is 14.8 Å². The number of rotatable bonds is 11. The van der Waals surface area contributed by atoms with E-state index < -0.39 is 6.10 Å². The minimum atomic E-state index is -0.594. The lowest BCUT2D eigenvalue weighted by atomic mass is 10.1. The number of nitrogens with one attached hydrogen (secondary N) is 1. The number of aromatic nitrogens is 1. The van der Waals surface area contributed by atoms with Crippen molar-refractivity contribution in [3.63, 3.8) is 0 Å². The van der Waals surface area contributed by atoms with Gasteiger partial charge in [0, 0.05) is 55.7 Å². The molecule has 11 nitrogen and oxygen atoms in total. The summed E-state index contributed by atoms with van der Waals surface area (Å²) in [4.78, 5) is 20.7. The first kappa shape index (κ1) is 33.8. The van der Waals surface area contributed by atoms with E-state index in [1.54, 1.807) is 14.0 Å². The predicted octanol–water partition coefficient (Wildman–Crippen LogP) is 2.39. The molecule has 3 aromatic rings. The molecule has 1 aliphatic rings. The van der Waals surface area contributed by atoms with Crippen LogP contribution in [0.1, 0.15) is 27.9 Å². The lowest BCUT2D eigenvalue weighted by Crippen LogP contribution is -2.50. The third-order valence-electron chi connectivity index (χ3n) is 7.31. The van der Waals surface area contributed by atoms with Gasteiger partial charge in [-0.1, -0.05) is 30.3 Å². The van der Waals surface area contributed by atoms with Crippen molar-refractivity contribution in [2.75, 3.05) is 58.3 Å². The molecule has 234 valence electrons. The Morgan fingerprint density at radius 2 is 1.58 bits per heavy atom. The molecular weight excluding hydrogens is 552 g/mol. The standard InChI is InChI=1S/C24H33N3O4.C8H11NO3/c1-18-7-6-8-19(2)24(18)25-23(29)16-27-13-11-26(12-14-27)15-20(28)17-31-22-10-5-4-9-21(22)30-3;1-5-8(12)7(4-11)6(3-10)2-9-5/h4-10,20,28H,11-17H2,1-3H3,(H,25,29);2,10-12H,3-4H2,1H3. The summed E-state index contributed by atoms with van der Waals surface area (Å²) < 4.78 is 11.0. The van der Waals surface area contributed by atoms with Gasteiger partial charge in [0.15, 0.2) is 11.5 Å². The molecule has 0 spiro atoms. The largest absolute Gasteiger partial charge is 0.506 e. The maximum Gasteiger partial charge on any atom is 0.238 e. The minimum Gasteiger partial charge on any atom is -0.506 e. The number of hydrogen-bond donors (Lipinski definition) is 5. The van der Waals surface area contributed by atoms with Gasteiger partial charge in [-0.15, -0.1) is 0 Å². The molecule has 0 bridgehead atoms. The Hall–Kier alpha value is -3.74. The van der Waals surface area contributed by atoms with E-state index in [1.807, 2.05) is 56.3 Å². The second-order valence-corrected chi connectivity index (χ2v) is 10.5. The molecule has 43 heavy (non-hydrogen) atoms. The molecule has 1 atom stereocenters. The highest BCUT2D eigenvalue weighted by molar-refractivity contribution is 5.93. The maximum absolute atomic E-state index is 12.5. The molecule has 0 radical (unpaired) electrons. The van der Waals surface area contributed by atoms with Gasteiger partial charge in [-0.25, -0.2) is 0 Å². The second-order valence-electron chi connectivity index (χ2n) is 10.5. The molecule has 0 saturated carbocycles. The van der Waals surface area contributed by atoms with E-state index in [-0.39, 0.29) is 31.5 Å². The average Bonchev–Trinajstić information content (AvgIpc) is 3.00. The number of aryl methyl sites for hydroxylation is 3. The van der Waals surface area contributed by atoms with Gasteiger partial charge >= 0.3 is 0 Å². The van der Waals surface area contributed by atoms with Crippen molar-refractivity contribution in [3.05, 3.63) is 76.6 Å². The highest BCUT2D eigenvalue weighted by atomic mass is 16.5. The first-order valence-electron chi connectivity index (χ1n) is 14.3. The number of β-amino-alcohol motifs (C(OH)–C–C–N with tert-alkyl or cyclic N) is 1. The number of pyridine rings is 1. The number of aromatic hydroxyl groups is 1. The van der Waals surface area contributed by atoms with Gasteiger partial charge in [-0.2, -0.15) is 0 Å². The number of para-hydroxylation sites is 3. The van der Waals surface area contributed by atoms with Crippen molar-refractivity contribution in [3.8, 4) is 17.2 Å². The summed E-state index contributed by atoms with van der Waals surface area (Å²) in [6.07, 6.45) is 0.851. The molecule has 1 unspecified atom stereocenters. The van der Waals surface area contributed by atoms with Gasteiger partial charge in [-0.3, -0.25) is 19.6 Å². The Labute approximate surface area is 253 Å². The van der Waals surface area contributed by atoms with E-state index in [4.69, 9.17) is 19.7 Å². The third kappa shape index (κ3) is 9.91. The monoisotopic (exact) mass is 596 g/mol. The topological polar surface area (TPSA) is 148 Å². The molecule has 1 saturated heterocycles. The van der Waals surface area contributed by atoms with Crippen LogP contribution in [0.15, 0.2) is 48.7 Å². The van der Waals surface area contributed by atoms with Crippen molar-refractivity contribution in [1.82, 2.24) is 14.8 Å². The van der Waals surface area contributed by atoms with Gasteiger partial charge in [-0.05, 0) is 44.0 Å². The van der Waals surface area contributed by atoms with Crippen molar-refractivity contribution in [1.29, 1.82) is 0 Å². The molecule has 11 heteroatoms. The Morgan fingerprint density at radius 1 is 0.953 bits per heavy atom. The van der Waals surface area contributed by atoms with Crippen LogP contribution in [0.4, 0.5) is 5.69 Å². The number of carbonyl (C=O) groups is 1. The van der Waals surface area contributed by atoms with E-state index in [1.165, 1.54) is 6.20 Å². The van der Waals surface area contributed by atoms with E-state index in [0.29, 0.717) is 41.4 Å². The maximum atomic E-state index is 12.5. The number of amides is 1. The molecule has 0 aliphatic carbocycles. The highest BCUT2D eigenvalue weighted by Gasteiger charge is 2.22. The Balaban J connectivity index is 0.000000353. The normalized spacial score (nSPS) is 14.4. The fourth-order valence-corrected chi connectivity index (χ4v) is 4.80. The van der Waals surface area contributed by atoms with Gasteiger partial charge < -0.3 is 35.2 Å². The van der Waals surface area contributed by atoms with Crippen LogP contribution in [0.3, 0.4) is 0 Å². The number of aliphatic hydroxyl groups is 3. The zero-order valence-corrected chi connectivity index (χ0v) is 25.4. The molecule has 1 amide bonds. The predicted molar refractivity (Wildman–Crippen MR) is 164 cm³/mol. The third-order valence-corrected chi connectivity index (χ3v) is 7.31. The zero-order valence-electron chi connectivity index (χ0n) is 25.4. The number of piperazine rings is 1. The molecule has 2 aromatic carbocycles. The lowest BCUT2D eigenvalue weighted by Gasteiger charge is -2.35. The Morgan fingerprint density at radius 3 is 2.19 bits per heavy atom. The van der Waals surface area contributed by atoms with Crippen molar-refractivity contribution < 1.29 is 34.7 Å². The minimum absolute atomic E-state index is 0.0103. The van der Waals surface area contributed by atoms with E-state index in [2.05, 4.69) is 20.1 Å². The highest BCUT2D eigenvalue weighted by Crippen LogP contribution is 2.26. The van der Waals surface area contributed by atoms with Crippen LogP contribution in [0.5, 0.6) is 17.2 Å². The van der Waals surface area contributed by atoms with Crippen molar-refractivity contribution in [2.45, 2.75) is 40.1 Å². The molecule has 1 aliphatic heterocycles. The summed E-state index contributed by atoms with van der Waals surface area (Å²) in [6, 6.07) is 13.4.